The largest absolute Gasteiger partial charge is 0.481 e. The van der Waals surface area contributed by atoms with E-state index in [9.17, 15) is 9.18 Å². The van der Waals surface area contributed by atoms with Crippen LogP contribution >= 0.6 is 0 Å². The van der Waals surface area contributed by atoms with Gasteiger partial charge in [0.1, 0.15) is 5.82 Å². The summed E-state index contributed by atoms with van der Waals surface area (Å²) >= 11 is 0. The van der Waals surface area contributed by atoms with Crippen LogP contribution in [0, 0.1) is 18.7 Å². The number of aliphatic carboxylic acids is 1. The van der Waals surface area contributed by atoms with Crippen molar-refractivity contribution in [1.82, 2.24) is 9.88 Å². The molecule has 1 aromatic carbocycles. The highest BCUT2D eigenvalue weighted by Crippen LogP contribution is 2.33. The third-order valence-electron chi connectivity index (χ3n) is 4.29. The lowest BCUT2D eigenvalue weighted by atomic mass is 9.98. The van der Waals surface area contributed by atoms with Crippen LogP contribution < -0.4 is 5.32 Å². The van der Waals surface area contributed by atoms with Crippen molar-refractivity contribution in [2.45, 2.75) is 19.4 Å². The van der Waals surface area contributed by atoms with Crippen molar-refractivity contribution in [1.29, 1.82) is 0 Å². The smallest absolute Gasteiger partial charge is 0.307 e. The summed E-state index contributed by atoms with van der Waals surface area (Å²) < 4.78 is 16.6. The predicted molar refractivity (Wildman–Crippen MR) is 74.1 cm³/mol. The molecule has 0 aliphatic carbocycles. The molecule has 4 nitrogen and oxygen atoms in total. The molecule has 2 unspecified atom stereocenters. The molecule has 2 atom stereocenters. The highest BCUT2D eigenvalue weighted by atomic mass is 19.1. The summed E-state index contributed by atoms with van der Waals surface area (Å²) in [5.41, 5.74) is 2.42. The molecule has 1 fully saturated rings. The van der Waals surface area contributed by atoms with Gasteiger partial charge in [-0.15, -0.1) is 0 Å². The highest BCUT2D eigenvalue weighted by Gasteiger charge is 2.32. The lowest BCUT2D eigenvalue weighted by Crippen LogP contribution is -2.17. The van der Waals surface area contributed by atoms with Crippen molar-refractivity contribution in [3.63, 3.8) is 0 Å². The number of rotatable bonds is 2. The minimum absolute atomic E-state index is 0.221. The number of carbonyl (C=O) groups is 1. The van der Waals surface area contributed by atoms with Crippen LogP contribution in [0.15, 0.2) is 18.2 Å². The van der Waals surface area contributed by atoms with Gasteiger partial charge in [-0.2, -0.15) is 0 Å². The Kier molecular flexibility index (Phi) is 3.01. The van der Waals surface area contributed by atoms with E-state index in [0.29, 0.717) is 23.9 Å². The summed E-state index contributed by atoms with van der Waals surface area (Å²) in [6.07, 6.45) is 0.434. The van der Waals surface area contributed by atoms with Crippen molar-refractivity contribution < 1.29 is 14.3 Å². The SMILES string of the molecule is Cc1cc2c(F)c(C3CC(C(=O)O)CN3)ccc2n1C. The van der Waals surface area contributed by atoms with Crippen molar-refractivity contribution in [2.75, 3.05) is 6.54 Å². The average molecular weight is 276 g/mol. The molecular formula is C15H17FN2O2. The van der Waals surface area contributed by atoms with Crippen LogP contribution in [0.5, 0.6) is 0 Å². The Balaban J connectivity index is 2.01. The van der Waals surface area contributed by atoms with Gasteiger partial charge in [-0.3, -0.25) is 4.79 Å². The summed E-state index contributed by atoms with van der Waals surface area (Å²) in [5, 5.41) is 12.7. The maximum Gasteiger partial charge on any atom is 0.307 e. The number of aryl methyl sites for hydroxylation is 2. The van der Waals surface area contributed by atoms with Crippen LogP contribution in [0.2, 0.25) is 0 Å². The van der Waals surface area contributed by atoms with E-state index in [1.165, 1.54) is 0 Å². The third-order valence-corrected chi connectivity index (χ3v) is 4.29. The van der Waals surface area contributed by atoms with Gasteiger partial charge in [0.2, 0.25) is 0 Å². The van der Waals surface area contributed by atoms with Gasteiger partial charge in [0, 0.05) is 36.3 Å². The van der Waals surface area contributed by atoms with Crippen molar-refractivity contribution in [3.05, 3.63) is 35.3 Å². The molecule has 0 bridgehead atoms. The minimum Gasteiger partial charge on any atom is -0.481 e. The summed E-state index contributed by atoms with van der Waals surface area (Å²) in [5.74, 6) is -1.50. The standard InChI is InChI=1S/C15H17FN2O2/c1-8-5-11-13(18(8)2)4-3-10(14(11)16)12-6-9(7-17-12)15(19)20/h3-5,9,12,17H,6-7H2,1-2H3,(H,19,20). The molecule has 0 saturated carbocycles. The minimum atomic E-state index is -0.822. The number of nitrogens with zero attached hydrogens (tertiary/aromatic N) is 1. The third kappa shape index (κ3) is 1.89. The molecular weight excluding hydrogens is 259 g/mol. The van der Waals surface area contributed by atoms with E-state index >= 15 is 0 Å². The first-order valence-corrected chi connectivity index (χ1v) is 6.69. The van der Waals surface area contributed by atoms with Crippen molar-refractivity contribution in [3.8, 4) is 0 Å². The fourth-order valence-electron chi connectivity index (χ4n) is 2.95. The quantitative estimate of drug-likeness (QED) is 0.885. The number of fused-ring (bicyclic) bond motifs is 1. The van der Waals surface area contributed by atoms with E-state index < -0.39 is 11.9 Å². The number of halogens is 1. The lowest BCUT2D eigenvalue weighted by molar-refractivity contribution is -0.141. The van der Waals surface area contributed by atoms with Gasteiger partial charge in [-0.1, -0.05) is 6.07 Å². The topological polar surface area (TPSA) is 54.3 Å². The molecule has 1 aliphatic rings. The second-order valence-corrected chi connectivity index (χ2v) is 5.48. The Morgan fingerprint density at radius 2 is 2.25 bits per heavy atom. The fourth-order valence-corrected chi connectivity index (χ4v) is 2.95. The normalized spacial score (nSPS) is 22.6. The van der Waals surface area contributed by atoms with E-state index in [2.05, 4.69) is 5.32 Å². The van der Waals surface area contributed by atoms with Crippen LogP contribution in [0.25, 0.3) is 10.9 Å². The Bertz CT molecular complexity index is 693. The first-order chi connectivity index (χ1) is 9.49. The molecule has 2 N–H and O–H groups in total. The van der Waals surface area contributed by atoms with Crippen LogP contribution in [0.4, 0.5) is 4.39 Å². The van der Waals surface area contributed by atoms with Crippen LogP contribution in [0.3, 0.4) is 0 Å². The molecule has 5 heteroatoms. The van der Waals surface area contributed by atoms with Gasteiger partial charge in [0.25, 0.3) is 0 Å². The summed E-state index contributed by atoms with van der Waals surface area (Å²) in [4.78, 5) is 11.0. The number of hydrogen-bond acceptors (Lipinski definition) is 2. The van der Waals surface area contributed by atoms with Crippen LogP contribution in [-0.4, -0.2) is 22.2 Å². The first-order valence-electron chi connectivity index (χ1n) is 6.69. The highest BCUT2D eigenvalue weighted by molar-refractivity contribution is 5.83. The molecule has 0 amide bonds. The van der Waals surface area contributed by atoms with Gasteiger partial charge in [0.05, 0.1) is 11.4 Å². The zero-order valence-electron chi connectivity index (χ0n) is 11.5. The summed E-state index contributed by atoms with van der Waals surface area (Å²) in [7, 11) is 1.91. The Morgan fingerprint density at radius 1 is 1.50 bits per heavy atom. The van der Waals surface area contributed by atoms with E-state index in [0.717, 1.165) is 11.2 Å². The number of aromatic nitrogens is 1. The number of carboxylic acid groups (broad SMARTS) is 1. The lowest BCUT2D eigenvalue weighted by Gasteiger charge is -2.12. The van der Waals surface area contributed by atoms with Crippen LogP contribution in [0.1, 0.15) is 23.7 Å². The molecule has 2 aromatic rings. The molecule has 0 spiro atoms. The van der Waals surface area contributed by atoms with Gasteiger partial charge in [-0.25, -0.2) is 4.39 Å². The summed E-state index contributed by atoms with van der Waals surface area (Å²) in [6, 6.07) is 5.27. The van der Waals surface area contributed by atoms with Gasteiger partial charge in [-0.05, 0) is 25.5 Å². The number of hydrogen-bond donors (Lipinski definition) is 2. The molecule has 1 aromatic heterocycles. The summed E-state index contributed by atoms with van der Waals surface area (Å²) in [6.45, 7) is 2.33. The first kappa shape index (κ1) is 13.1. The molecule has 3 rings (SSSR count). The van der Waals surface area contributed by atoms with Gasteiger partial charge >= 0.3 is 5.97 Å². The zero-order valence-corrected chi connectivity index (χ0v) is 11.5. The number of benzene rings is 1. The Hall–Kier alpha value is -1.88. The zero-order chi connectivity index (χ0) is 14.4. The predicted octanol–water partition coefficient (Wildman–Crippen LogP) is 2.36. The maximum atomic E-state index is 14.6. The number of nitrogens with one attached hydrogen (secondary N) is 1. The molecule has 1 saturated heterocycles. The van der Waals surface area contributed by atoms with E-state index in [4.69, 9.17) is 5.11 Å². The number of carboxylic acids is 1. The Morgan fingerprint density at radius 3 is 2.90 bits per heavy atom. The van der Waals surface area contributed by atoms with E-state index in [1.54, 1.807) is 6.07 Å². The van der Waals surface area contributed by atoms with Gasteiger partial charge < -0.3 is 15.0 Å². The molecule has 106 valence electrons. The molecule has 2 heterocycles. The molecule has 20 heavy (non-hydrogen) atoms. The van der Waals surface area contributed by atoms with Crippen molar-refractivity contribution >= 4 is 16.9 Å². The molecule has 1 aliphatic heterocycles. The monoisotopic (exact) mass is 276 g/mol. The van der Waals surface area contributed by atoms with Gasteiger partial charge in [0.15, 0.2) is 0 Å². The second-order valence-electron chi connectivity index (χ2n) is 5.48. The van der Waals surface area contributed by atoms with E-state index in [1.807, 2.05) is 30.7 Å². The van der Waals surface area contributed by atoms with Crippen molar-refractivity contribution in [2.24, 2.45) is 13.0 Å². The fraction of sp³-hybridized carbons (Fsp3) is 0.400. The molecule has 0 radical (unpaired) electrons. The maximum absolute atomic E-state index is 14.6. The average Bonchev–Trinajstić information content (AvgIpc) is 2.99. The Labute approximate surface area is 116 Å². The van der Waals surface area contributed by atoms with Crippen LogP contribution in [-0.2, 0) is 11.8 Å². The van der Waals surface area contributed by atoms with E-state index in [-0.39, 0.29) is 11.9 Å². The second kappa shape index (κ2) is 4.59.